The van der Waals surface area contributed by atoms with Gasteiger partial charge in [0.1, 0.15) is 5.75 Å². The molecule has 1 amide bonds. The van der Waals surface area contributed by atoms with Crippen LogP contribution in [0.4, 0.5) is 13.2 Å². The molecule has 0 bridgehead atoms. The van der Waals surface area contributed by atoms with E-state index in [4.69, 9.17) is 4.74 Å². The summed E-state index contributed by atoms with van der Waals surface area (Å²) in [5.74, 6) is 0.302. The summed E-state index contributed by atoms with van der Waals surface area (Å²) in [7, 11) is 0. The lowest BCUT2D eigenvalue weighted by molar-refractivity contribution is -0.203. The summed E-state index contributed by atoms with van der Waals surface area (Å²) in [5.41, 5.74) is 1.55. The van der Waals surface area contributed by atoms with Crippen molar-refractivity contribution in [2.75, 3.05) is 6.61 Å². The van der Waals surface area contributed by atoms with E-state index in [-0.39, 0.29) is 12.0 Å². The number of rotatable bonds is 7. The highest BCUT2D eigenvalue weighted by atomic mass is 19.4. The number of hydrogen-bond acceptors (Lipinski definition) is 3. The summed E-state index contributed by atoms with van der Waals surface area (Å²) in [4.78, 5) is 11.8. The van der Waals surface area contributed by atoms with Crippen LogP contribution in [-0.4, -0.2) is 29.2 Å². The van der Waals surface area contributed by atoms with Crippen molar-refractivity contribution in [3.63, 3.8) is 0 Å². The minimum Gasteiger partial charge on any atom is -0.494 e. The van der Waals surface area contributed by atoms with E-state index >= 15 is 0 Å². The molecule has 1 N–H and O–H groups in total. The first kappa shape index (κ1) is 21.4. The molecule has 0 spiro atoms. The second-order valence-corrected chi connectivity index (χ2v) is 8.16. The van der Waals surface area contributed by atoms with E-state index in [9.17, 15) is 18.0 Å². The molecule has 1 saturated heterocycles. The number of benzene rings is 2. The molecule has 4 nitrogen and oxygen atoms in total. The van der Waals surface area contributed by atoms with Crippen LogP contribution < -0.4 is 10.2 Å². The Bertz CT molecular complexity index is 880. The maximum atomic E-state index is 14.0. The number of unbranched alkanes of at least 4 members (excludes halogenated alkanes) is 2. The Morgan fingerprint density at radius 1 is 1.14 bits per heavy atom. The SMILES string of the molecule is CCCCCOc1ccc2cc([C@H](N3NC(=O)CC3(C)C)C(F)(F)F)ccc2c1. The van der Waals surface area contributed by atoms with Crippen molar-refractivity contribution >= 4 is 16.7 Å². The highest BCUT2D eigenvalue weighted by Crippen LogP contribution is 2.43. The van der Waals surface area contributed by atoms with Crippen LogP contribution in [0.2, 0.25) is 0 Å². The molecule has 1 fully saturated rings. The Morgan fingerprint density at radius 2 is 1.83 bits per heavy atom. The highest BCUT2D eigenvalue weighted by Gasteiger charge is 2.52. The number of hydrogen-bond donors (Lipinski definition) is 1. The molecule has 0 saturated carbocycles. The van der Waals surface area contributed by atoms with Gasteiger partial charge in [0.25, 0.3) is 0 Å². The van der Waals surface area contributed by atoms with Crippen molar-refractivity contribution in [2.45, 2.75) is 64.2 Å². The third-order valence-corrected chi connectivity index (χ3v) is 5.23. The maximum absolute atomic E-state index is 14.0. The van der Waals surface area contributed by atoms with Crippen LogP contribution in [0.1, 0.15) is 58.1 Å². The van der Waals surface area contributed by atoms with Crippen LogP contribution in [-0.2, 0) is 4.79 Å². The normalized spacial score (nSPS) is 18.1. The molecule has 0 aliphatic carbocycles. The number of amides is 1. The van der Waals surface area contributed by atoms with E-state index in [1.54, 1.807) is 32.0 Å². The number of carbonyl (C=O) groups excluding carboxylic acids is 1. The van der Waals surface area contributed by atoms with Crippen LogP contribution in [0, 0.1) is 0 Å². The number of halogens is 3. The predicted octanol–water partition coefficient (Wildman–Crippen LogP) is 5.53. The largest absolute Gasteiger partial charge is 0.494 e. The van der Waals surface area contributed by atoms with Crippen LogP contribution in [0.25, 0.3) is 10.8 Å². The summed E-state index contributed by atoms with van der Waals surface area (Å²) >= 11 is 0. The van der Waals surface area contributed by atoms with Gasteiger partial charge < -0.3 is 4.74 Å². The van der Waals surface area contributed by atoms with Gasteiger partial charge in [-0.15, -0.1) is 0 Å². The predicted molar refractivity (Wildman–Crippen MR) is 106 cm³/mol. The Balaban J connectivity index is 1.89. The van der Waals surface area contributed by atoms with E-state index in [0.29, 0.717) is 17.7 Å². The Hall–Kier alpha value is -2.28. The van der Waals surface area contributed by atoms with Crippen LogP contribution in [0.15, 0.2) is 36.4 Å². The first-order valence-corrected chi connectivity index (χ1v) is 9.94. The van der Waals surface area contributed by atoms with E-state index < -0.39 is 23.7 Å². The van der Waals surface area contributed by atoms with E-state index in [1.165, 1.54) is 12.1 Å². The molecule has 2 aromatic carbocycles. The Labute approximate surface area is 169 Å². The zero-order chi connectivity index (χ0) is 21.2. The smallest absolute Gasteiger partial charge is 0.409 e. The molecule has 0 aromatic heterocycles. The number of carbonyl (C=O) groups is 1. The average Bonchev–Trinajstić information content (AvgIpc) is 2.89. The zero-order valence-electron chi connectivity index (χ0n) is 17.0. The van der Waals surface area contributed by atoms with Gasteiger partial charge in [0.2, 0.25) is 5.91 Å². The molecule has 1 atom stereocenters. The minimum absolute atomic E-state index is 0.0197. The van der Waals surface area contributed by atoms with E-state index in [2.05, 4.69) is 12.3 Å². The molecule has 7 heteroatoms. The highest BCUT2D eigenvalue weighted by molar-refractivity contribution is 5.85. The van der Waals surface area contributed by atoms with Gasteiger partial charge in [0.15, 0.2) is 6.04 Å². The number of ether oxygens (including phenoxy) is 1. The Morgan fingerprint density at radius 3 is 2.45 bits per heavy atom. The standard InChI is InChI=1S/C22H27F3N2O2/c1-4-5-6-11-29-18-10-9-15-12-17(8-7-16(15)13-18)20(22(23,24)25)27-21(2,3)14-19(28)26-27/h7-10,12-13,20H,4-6,11,14H2,1-3H3,(H,26,28)/t20-/m0/s1. The fourth-order valence-electron chi connectivity index (χ4n) is 3.75. The fourth-order valence-corrected chi connectivity index (χ4v) is 3.75. The van der Waals surface area contributed by atoms with E-state index in [0.717, 1.165) is 29.7 Å². The molecule has 1 aliphatic rings. The summed E-state index contributed by atoms with van der Waals surface area (Å²) < 4.78 is 47.7. The lowest BCUT2D eigenvalue weighted by Crippen LogP contribution is -2.51. The fraction of sp³-hybridized carbons (Fsp3) is 0.500. The monoisotopic (exact) mass is 408 g/mol. The molecule has 3 rings (SSSR count). The summed E-state index contributed by atoms with van der Waals surface area (Å²) in [5, 5.41) is 2.54. The van der Waals surface area contributed by atoms with Crippen LogP contribution >= 0.6 is 0 Å². The van der Waals surface area contributed by atoms with Crippen LogP contribution in [0.3, 0.4) is 0 Å². The topological polar surface area (TPSA) is 41.6 Å². The van der Waals surface area contributed by atoms with Gasteiger partial charge in [0, 0.05) is 12.0 Å². The van der Waals surface area contributed by atoms with Crippen molar-refractivity contribution in [3.8, 4) is 5.75 Å². The van der Waals surface area contributed by atoms with Gasteiger partial charge in [-0.3, -0.25) is 10.2 Å². The maximum Gasteiger partial charge on any atom is 0.409 e. The van der Waals surface area contributed by atoms with Gasteiger partial charge in [-0.1, -0.05) is 38.0 Å². The van der Waals surface area contributed by atoms with Gasteiger partial charge >= 0.3 is 6.18 Å². The van der Waals surface area contributed by atoms with Crippen molar-refractivity contribution < 1.29 is 22.7 Å². The molecular formula is C22H27F3N2O2. The van der Waals surface area contributed by atoms with Crippen LogP contribution in [0.5, 0.6) is 5.75 Å². The second-order valence-electron chi connectivity index (χ2n) is 8.16. The van der Waals surface area contributed by atoms with Crippen molar-refractivity contribution in [1.29, 1.82) is 0 Å². The lowest BCUT2D eigenvalue weighted by atomic mass is 9.95. The Kier molecular flexibility index (Phi) is 6.08. The zero-order valence-corrected chi connectivity index (χ0v) is 17.0. The third kappa shape index (κ3) is 4.83. The van der Waals surface area contributed by atoms with Gasteiger partial charge in [-0.25, -0.2) is 0 Å². The van der Waals surface area contributed by atoms with Crippen molar-refractivity contribution in [2.24, 2.45) is 0 Å². The molecule has 1 aliphatic heterocycles. The van der Waals surface area contributed by atoms with Crippen molar-refractivity contribution in [3.05, 3.63) is 42.0 Å². The average molecular weight is 408 g/mol. The quantitative estimate of drug-likeness (QED) is 0.613. The number of nitrogens with one attached hydrogen (secondary N) is 1. The van der Waals surface area contributed by atoms with Gasteiger partial charge in [-0.05, 0) is 54.8 Å². The van der Waals surface area contributed by atoms with E-state index in [1.807, 2.05) is 6.07 Å². The molecule has 2 aromatic rings. The lowest BCUT2D eigenvalue weighted by Gasteiger charge is -2.38. The molecular weight excluding hydrogens is 381 g/mol. The van der Waals surface area contributed by atoms with Gasteiger partial charge in [0.05, 0.1) is 6.61 Å². The second kappa shape index (κ2) is 8.22. The summed E-state index contributed by atoms with van der Waals surface area (Å²) in [6.45, 7) is 6.01. The number of alkyl halides is 3. The first-order valence-electron chi connectivity index (χ1n) is 9.94. The van der Waals surface area contributed by atoms with Crippen molar-refractivity contribution in [1.82, 2.24) is 10.4 Å². The first-order chi connectivity index (χ1) is 13.6. The molecule has 0 radical (unpaired) electrons. The molecule has 0 unspecified atom stereocenters. The number of fused-ring (bicyclic) bond motifs is 1. The third-order valence-electron chi connectivity index (χ3n) is 5.23. The number of nitrogens with zero attached hydrogens (tertiary/aromatic N) is 1. The summed E-state index contributed by atoms with van der Waals surface area (Å²) in [6, 6.07) is 8.16. The summed E-state index contributed by atoms with van der Waals surface area (Å²) in [6.07, 6.45) is -1.34. The van der Waals surface area contributed by atoms with Gasteiger partial charge in [-0.2, -0.15) is 18.2 Å². The molecule has 1 heterocycles. The molecule has 29 heavy (non-hydrogen) atoms. The molecule has 158 valence electrons. The number of hydrazine groups is 1. The minimum atomic E-state index is -4.54.